The lowest BCUT2D eigenvalue weighted by Crippen LogP contribution is -2.30. The number of benzene rings is 3. The maximum Gasteiger partial charge on any atom is 0.169 e. The highest BCUT2D eigenvalue weighted by molar-refractivity contribution is 5.86. The lowest BCUT2D eigenvalue weighted by molar-refractivity contribution is 0.102. The Morgan fingerprint density at radius 2 is 1.54 bits per heavy atom. The summed E-state index contributed by atoms with van der Waals surface area (Å²) in [6.45, 7) is 3.92. The molecule has 3 aromatic rings. The van der Waals surface area contributed by atoms with Gasteiger partial charge in [-0.3, -0.25) is 0 Å². The van der Waals surface area contributed by atoms with E-state index < -0.39 is 12.0 Å². The number of aromatic hydroxyl groups is 2. The van der Waals surface area contributed by atoms with Crippen molar-refractivity contribution in [2.24, 2.45) is 0 Å². The van der Waals surface area contributed by atoms with E-state index in [1.165, 1.54) is 14.2 Å². The van der Waals surface area contributed by atoms with Crippen molar-refractivity contribution in [3.05, 3.63) is 58.7 Å². The summed E-state index contributed by atoms with van der Waals surface area (Å²) < 4.78 is 23.3. The van der Waals surface area contributed by atoms with Crippen LogP contribution in [-0.2, 0) is 12.8 Å². The van der Waals surface area contributed by atoms with Gasteiger partial charge < -0.3 is 34.3 Å². The standard InChI is InChI=1S/C30H36O7/c1-6-8-17-12-20-28-27(18(9-7-2)15-23(35-4)29(28)33)26(19-10-11-21(32)22(14-19)34-3)25(16-31)37-30(20)24(13-17)36-5/h10-15,25-26,31-33H,6-9,16H2,1-5H3/t25-,26+/m0/s1. The first-order chi connectivity index (χ1) is 17.9. The summed E-state index contributed by atoms with van der Waals surface area (Å²) in [6, 6.07) is 11.0. The Morgan fingerprint density at radius 1 is 0.838 bits per heavy atom. The fourth-order valence-corrected chi connectivity index (χ4v) is 5.34. The Kier molecular flexibility index (Phi) is 8.03. The van der Waals surface area contributed by atoms with Gasteiger partial charge in [-0.2, -0.15) is 0 Å². The number of fused-ring (bicyclic) bond motifs is 3. The first kappa shape index (κ1) is 26.5. The molecule has 0 saturated heterocycles. The third-order valence-electron chi connectivity index (χ3n) is 6.97. The van der Waals surface area contributed by atoms with Crippen molar-refractivity contribution in [3.8, 4) is 45.6 Å². The molecule has 0 bridgehead atoms. The minimum Gasteiger partial charge on any atom is -0.504 e. The molecule has 37 heavy (non-hydrogen) atoms. The zero-order chi connectivity index (χ0) is 26.7. The van der Waals surface area contributed by atoms with Gasteiger partial charge in [-0.15, -0.1) is 0 Å². The van der Waals surface area contributed by atoms with Gasteiger partial charge in [-0.25, -0.2) is 0 Å². The number of aliphatic hydroxyl groups excluding tert-OH is 1. The summed E-state index contributed by atoms with van der Waals surface area (Å²) in [4.78, 5) is 0. The van der Waals surface area contributed by atoms with Crippen LogP contribution >= 0.6 is 0 Å². The van der Waals surface area contributed by atoms with E-state index in [0.29, 0.717) is 34.1 Å². The molecule has 3 aromatic carbocycles. The number of phenols is 2. The van der Waals surface area contributed by atoms with E-state index in [-0.39, 0.29) is 18.1 Å². The third-order valence-corrected chi connectivity index (χ3v) is 6.97. The maximum absolute atomic E-state index is 11.6. The molecular formula is C30H36O7. The Hall–Kier alpha value is -3.58. The van der Waals surface area contributed by atoms with Crippen molar-refractivity contribution in [3.63, 3.8) is 0 Å². The van der Waals surface area contributed by atoms with Crippen molar-refractivity contribution in [1.82, 2.24) is 0 Å². The molecule has 0 spiro atoms. The predicted octanol–water partition coefficient (Wildman–Crippen LogP) is 5.58. The van der Waals surface area contributed by atoms with Crippen LogP contribution in [0.4, 0.5) is 0 Å². The number of hydrogen-bond donors (Lipinski definition) is 3. The van der Waals surface area contributed by atoms with Gasteiger partial charge in [0.15, 0.2) is 34.5 Å². The molecule has 198 valence electrons. The summed E-state index contributed by atoms with van der Waals surface area (Å²) in [5, 5.41) is 32.5. The van der Waals surface area contributed by atoms with Crippen LogP contribution in [0, 0.1) is 0 Å². The van der Waals surface area contributed by atoms with Gasteiger partial charge in [0.05, 0.1) is 27.9 Å². The molecule has 0 radical (unpaired) electrons. The van der Waals surface area contributed by atoms with E-state index in [1.807, 2.05) is 18.2 Å². The zero-order valence-electron chi connectivity index (χ0n) is 22.1. The van der Waals surface area contributed by atoms with Gasteiger partial charge in [0.25, 0.3) is 0 Å². The normalized spacial score (nSPS) is 16.3. The lowest BCUT2D eigenvalue weighted by atomic mass is 9.78. The molecule has 0 fully saturated rings. The topological polar surface area (TPSA) is 97.6 Å². The fourth-order valence-electron chi connectivity index (χ4n) is 5.34. The van der Waals surface area contributed by atoms with Crippen molar-refractivity contribution >= 4 is 0 Å². The number of aryl methyl sites for hydroxylation is 2. The van der Waals surface area contributed by atoms with Crippen molar-refractivity contribution in [2.45, 2.75) is 51.6 Å². The number of aliphatic hydroxyl groups is 1. The van der Waals surface area contributed by atoms with E-state index in [2.05, 4.69) is 13.8 Å². The third kappa shape index (κ3) is 4.76. The van der Waals surface area contributed by atoms with Crippen molar-refractivity contribution in [2.75, 3.05) is 27.9 Å². The molecule has 3 N–H and O–H groups in total. The Labute approximate surface area is 218 Å². The van der Waals surface area contributed by atoms with Crippen molar-refractivity contribution in [1.29, 1.82) is 0 Å². The zero-order valence-corrected chi connectivity index (χ0v) is 22.1. The SMILES string of the molecule is CCCc1cc(OC)c2c(c1)-c1c(O)c(OC)cc(CCC)c1[C@H](c1ccc(O)c(OC)c1)[C@H](CO)O2. The number of hydrogen-bond acceptors (Lipinski definition) is 7. The number of phenolic OH excluding ortho intramolecular Hbond substituents is 2. The van der Waals surface area contributed by atoms with Gasteiger partial charge >= 0.3 is 0 Å². The van der Waals surface area contributed by atoms with Crippen LogP contribution in [0.5, 0.6) is 34.5 Å². The molecule has 1 aliphatic rings. The molecule has 4 rings (SSSR count). The largest absolute Gasteiger partial charge is 0.504 e. The molecule has 7 heteroatoms. The molecule has 7 nitrogen and oxygen atoms in total. The first-order valence-corrected chi connectivity index (χ1v) is 12.7. The molecule has 0 aliphatic carbocycles. The molecule has 0 aromatic heterocycles. The van der Waals surface area contributed by atoms with Crippen LogP contribution in [0.3, 0.4) is 0 Å². The van der Waals surface area contributed by atoms with E-state index in [1.54, 1.807) is 25.3 Å². The highest BCUT2D eigenvalue weighted by Crippen LogP contribution is 2.55. The Bertz CT molecular complexity index is 1270. The smallest absolute Gasteiger partial charge is 0.169 e. The van der Waals surface area contributed by atoms with Crippen LogP contribution in [-0.4, -0.2) is 49.4 Å². The highest BCUT2D eigenvalue weighted by Gasteiger charge is 2.38. The molecule has 1 aliphatic heterocycles. The van der Waals surface area contributed by atoms with E-state index in [4.69, 9.17) is 18.9 Å². The number of methoxy groups -OCH3 is 3. The quantitative estimate of drug-likeness (QED) is 0.347. The summed E-state index contributed by atoms with van der Waals surface area (Å²) >= 11 is 0. The van der Waals surface area contributed by atoms with E-state index in [9.17, 15) is 15.3 Å². The van der Waals surface area contributed by atoms with Gasteiger partial charge in [-0.05, 0) is 65.4 Å². The second-order valence-corrected chi connectivity index (χ2v) is 9.30. The second kappa shape index (κ2) is 11.2. The average molecular weight is 509 g/mol. The monoisotopic (exact) mass is 508 g/mol. The number of ether oxygens (including phenoxy) is 4. The van der Waals surface area contributed by atoms with Crippen LogP contribution < -0.4 is 18.9 Å². The van der Waals surface area contributed by atoms with Crippen LogP contribution in [0.2, 0.25) is 0 Å². The predicted molar refractivity (Wildman–Crippen MR) is 143 cm³/mol. The highest BCUT2D eigenvalue weighted by atomic mass is 16.5. The average Bonchev–Trinajstić information content (AvgIpc) is 3.05. The van der Waals surface area contributed by atoms with Crippen LogP contribution in [0.1, 0.15) is 54.9 Å². The van der Waals surface area contributed by atoms with Gasteiger partial charge in [0.1, 0.15) is 6.10 Å². The maximum atomic E-state index is 11.6. The van der Waals surface area contributed by atoms with E-state index >= 15 is 0 Å². The first-order valence-electron chi connectivity index (χ1n) is 12.7. The second-order valence-electron chi connectivity index (χ2n) is 9.30. The van der Waals surface area contributed by atoms with Crippen LogP contribution in [0.15, 0.2) is 36.4 Å². The molecule has 0 saturated carbocycles. The molecular weight excluding hydrogens is 472 g/mol. The summed E-state index contributed by atoms with van der Waals surface area (Å²) in [6.07, 6.45) is 2.65. The Balaban J connectivity index is 2.15. The van der Waals surface area contributed by atoms with E-state index in [0.717, 1.165) is 47.9 Å². The minimum absolute atomic E-state index is 0.00670. The summed E-state index contributed by atoms with van der Waals surface area (Å²) in [5.74, 6) is 1.22. The van der Waals surface area contributed by atoms with Crippen molar-refractivity contribution < 1.29 is 34.3 Å². The molecule has 0 amide bonds. The molecule has 2 atom stereocenters. The minimum atomic E-state index is -0.705. The van der Waals surface area contributed by atoms with Gasteiger partial charge in [0, 0.05) is 17.0 Å². The number of rotatable bonds is 9. The molecule has 0 unspecified atom stereocenters. The lowest BCUT2D eigenvalue weighted by Gasteiger charge is -2.29. The summed E-state index contributed by atoms with van der Waals surface area (Å²) in [7, 11) is 4.62. The Morgan fingerprint density at radius 3 is 2.16 bits per heavy atom. The molecule has 1 heterocycles. The van der Waals surface area contributed by atoms with Crippen LogP contribution in [0.25, 0.3) is 11.1 Å². The summed E-state index contributed by atoms with van der Waals surface area (Å²) in [5.41, 5.74) is 4.95. The fraction of sp³-hybridized carbons (Fsp3) is 0.400. The van der Waals surface area contributed by atoms with Gasteiger partial charge in [-0.1, -0.05) is 32.8 Å². The van der Waals surface area contributed by atoms with Gasteiger partial charge in [0.2, 0.25) is 0 Å².